The topological polar surface area (TPSA) is 76.8 Å². The first kappa shape index (κ1) is 30.6. The zero-order chi connectivity index (χ0) is 29.4. The molecule has 0 fully saturated rings. The molecule has 0 spiro atoms. The minimum atomic E-state index is -0.666. The van der Waals surface area contributed by atoms with E-state index >= 15 is 0 Å². The molecule has 0 saturated carbocycles. The average molecular weight is 566 g/mol. The number of amides is 1. The standard InChI is InChI=1S/C33H44FN3O4/c1-6-8-16-39-28-20-29(40-17-9-7-2)27(19-26(28)22(3)4)31-30(32(41-36-31)33(38)35-14-13-34)24-10-11-25-21-37(5)15-12-23(25)18-24/h10-11,18-20,22H,6-9,12-17,21H2,1-5H3,(H,35,38). The second-order valence-corrected chi connectivity index (χ2v) is 11.1. The molecule has 0 unspecified atom stereocenters. The molecule has 1 amide bonds. The van der Waals surface area contributed by atoms with Gasteiger partial charge in [-0.15, -0.1) is 0 Å². The van der Waals surface area contributed by atoms with Crippen LogP contribution in [0.15, 0.2) is 34.9 Å². The Labute approximate surface area is 243 Å². The van der Waals surface area contributed by atoms with Crippen molar-refractivity contribution in [2.45, 2.75) is 72.3 Å². The highest BCUT2D eigenvalue weighted by atomic mass is 19.1. The van der Waals surface area contributed by atoms with E-state index in [1.807, 2.05) is 12.1 Å². The molecular weight excluding hydrogens is 521 g/mol. The molecule has 1 aliphatic rings. The maximum Gasteiger partial charge on any atom is 0.290 e. The first-order valence-electron chi connectivity index (χ1n) is 15.0. The highest BCUT2D eigenvalue weighted by Crippen LogP contribution is 2.44. The lowest BCUT2D eigenvalue weighted by Gasteiger charge is -2.25. The van der Waals surface area contributed by atoms with Crippen molar-refractivity contribution in [3.05, 3.63) is 52.8 Å². The second-order valence-electron chi connectivity index (χ2n) is 11.1. The predicted molar refractivity (Wildman–Crippen MR) is 161 cm³/mol. The summed E-state index contributed by atoms with van der Waals surface area (Å²) in [5.74, 6) is 1.19. The van der Waals surface area contributed by atoms with Gasteiger partial charge in [-0.2, -0.15) is 0 Å². The Morgan fingerprint density at radius 3 is 2.49 bits per heavy atom. The van der Waals surface area contributed by atoms with Crippen LogP contribution in [0.4, 0.5) is 4.39 Å². The lowest BCUT2D eigenvalue weighted by atomic mass is 9.91. The molecule has 222 valence electrons. The van der Waals surface area contributed by atoms with Crippen molar-refractivity contribution in [2.24, 2.45) is 0 Å². The maximum atomic E-state index is 13.2. The summed E-state index contributed by atoms with van der Waals surface area (Å²) in [6.45, 7) is 10.8. The van der Waals surface area contributed by atoms with E-state index in [2.05, 4.69) is 68.3 Å². The van der Waals surface area contributed by atoms with E-state index in [1.165, 1.54) is 11.1 Å². The first-order chi connectivity index (χ1) is 19.9. The van der Waals surface area contributed by atoms with E-state index in [0.717, 1.165) is 67.6 Å². The van der Waals surface area contributed by atoms with Crippen LogP contribution in [-0.2, 0) is 13.0 Å². The molecule has 0 atom stereocenters. The van der Waals surface area contributed by atoms with Crippen molar-refractivity contribution in [2.75, 3.05) is 40.0 Å². The average Bonchev–Trinajstić information content (AvgIpc) is 3.41. The van der Waals surface area contributed by atoms with Gasteiger partial charge < -0.3 is 24.2 Å². The number of hydrogen-bond acceptors (Lipinski definition) is 6. The SMILES string of the molecule is CCCCOc1cc(OCCCC)c(C(C)C)cc1-c1noc(C(=O)NCCF)c1-c1ccc2c(c1)CCN(C)C2. The number of alkyl halides is 1. The third-order valence-corrected chi connectivity index (χ3v) is 7.48. The number of hydrogen-bond donors (Lipinski definition) is 1. The second kappa shape index (κ2) is 14.5. The molecule has 2 aromatic carbocycles. The number of benzene rings is 2. The van der Waals surface area contributed by atoms with Gasteiger partial charge >= 0.3 is 0 Å². The number of aromatic nitrogens is 1. The third kappa shape index (κ3) is 7.28. The van der Waals surface area contributed by atoms with Crippen molar-refractivity contribution >= 4 is 5.91 Å². The fourth-order valence-electron chi connectivity index (χ4n) is 5.10. The summed E-state index contributed by atoms with van der Waals surface area (Å²) in [5, 5.41) is 7.06. The van der Waals surface area contributed by atoms with Crippen molar-refractivity contribution in [3.63, 3.8) is 0 Å². The number of carbonyl (C=O) groups is 1. The zero-order valence-corrected chi connectivity index (χ0v) is 25.1. The van der Waals surface area contributed by atoms with Crippen LogP contribution in [0.1, 0.15) is 86.5 Å². The molecule has 0 aliphatic carbocycles. The quantitative estimate of drug-likeness (QED) is 0.209. The summed E-state index contributed by atoms with van der Waals surface area (Å²) < 4.78 is 31.2. The smallest absolute Gasteiger partial charge is 0.290 e. The van der Waals surface area contributed by atoms with Gasteiger partial charge in [0.25, 0.3) is 5.91 Å². The van der Waals surface area contributed by atoms with Crippen molar-refractivity contribution < 1.29 is 23.2 Å². The minimum Gasteiger partial charge on any atom is -0.493 e. The Kier molecular flexibility index (Phi) is 10.8. The normalized spacial score (nSPS) is 13.3. The molecule has 0 bridgehead atoms. The van der Waals surface area contributed by atoms with Crippen molar-refractivity contribution in [3.8, 4) is 33.9 Å². The van der Waals surface area contributed by atoms with Gasteiger partial charge in [0.15, 0.2) is 0 Å². The number of halogens is 1. The van der Waals surface area contributed by atoms with E-state index in [4.69, 9.17) is 14.0 Å². The Morgan fingerprint density at radius 2 is 1.80 bits per heavy atom. The number of nitrogens with one attached hydrogen (secondary N) is 1. The monoisotopic (exact) mass is 565 g/mol. The fourth-order valence-corrected chi connectivity index (χ4v) is 5.10. The zero-order valence-electron chi connectivity index (χ0n) is 25.1. The summed E-state index contributed by atoms with van der Waals surface area (Å²) >= 11 is 0. The Morgan fingerprint density at radius 1 is 1.07 bits per heavy atom. The van der Waals surface area contributed by atoms with E-state index in [-0.39, 0.29) is 18.2 Å². The van der Waals surface area contributed by atoms with Crippen LogP contribution in [0, 0.1) is 0 Å². The molecule has 1 aliphatic heterocycles. The molecule has 0 radical (unpaired) electrons. The molecule has 0 saturated heterocycles. The molecular formula is C33H44FN3O4. The van der Waals surface area contributed by atoms with E-state index in [0.29, 0.717) is 30.2 Å². The van der Waals surface area contributed by atoms with Crippen LogP contribution in [-0.4, -0.2) is 56.0 Å². The van der Waals surface area contributed by atoms with Crippen LogP contribution in [0.25, 0.3) is 22.4 Å². The Hall–Kier alpha value is -3.39. The third-order valence-electron chi connectivity index (χ3n) is 7.48. The van der Waals surface area contributed by atoms with Gasteiger partial charge in [0.05, 0.1) is 18.8 Å². The number of likely N-dealkylation sites (N-methyl/N-ethyl adjacent to an activating group) is 1. The number of fused-ring (bicyclic) bond motifs is 1. The van der Waals surface area contributed by atoms with Crippen LogP contribution >= 0.6 is 0 Å². The molecule has 8 heteroatoms. The molecule has 3 aromatic rings. The van der Waals surface area contributed by atoms with Gasteiger partial charge in [0.1, 0.15) is 23.9 Å². The molecule has 1 aromatic heterocycles. The van der Waals surface area contributed by atoms with Gasteiger partial charge in [0.2, 0.25) is 5.76 Å². The van der Waals surface area contributed by atoms with Crippen molar-refractivity contribution in [1.82, 2.24) is 15.4 Å². The number of ether oxygens (including phenoxy) is 2. The van der Waals surface area contributed by atoms with Gasteiger partial charge in [-0.1, -0.05) is 63.9 Å². The van der Waals surface area contributed by atoms with Gasteiger partial charge in [-0.3, -0.25) is 4.79 Å². The number of rotatable bonds is 14. The van der Waals surface area contributed by atoms with E-state index in [1.54, 1.807) is 0 Å². The first-order valence-corrected chi connectivity index (χ1v) is 15.0. The molecule has 1 N–H and O–H groups in total. The van der Waals surface area contributed by atoms with E-state index < -0.39 is 12.6 Å². The van der Waals surface area contributed by atoms with Crippen LogP contribution in [0.5, 0.6) is 11.5 Å². The summed E-state index contributed by atoms with van der Waals surface area (Å²) in [6.07, 6.45) is 4.82. The number of nitrogens with zero attached hydrogens (tertiary/aromatic N) is 2. The van der Waals surface area contributed by atoms with Gasteiger partial charge in [-0.05, 0) is 60.5 Å². The summed E-state index contributed by atoms with van der Waals surface area (Å²) in [5.41, 5.74) is 6.23. The maximum absolute atomic E-state index is 13.2. The summed E-state index contributed by atoms with van der Waals surface area (Å²) in [6, 6.07) is 10.3. The Bertz CT molecular complexity index is 1320. The fraction of sp³-hybridized carbons (Fsp3) is 0.515. The van der Waals surface area contributed by atoms with Crippen LogP contribution in [0.2, 0.25) is 0 Å². The van der Waals surface area contributed by atoms with Gasteiger partial charge in [-0.25, -0.2) is 4.39 Å². The molecule has 41 heavy (non-hydrogen) atoms. The Balaban J connectivity index is 1.89. The molecule has 2 heterocycles. The van der Waals surface area contributed by atoms with Crippen LogP contribution < -0.4 is 14.8 Å². The summed E-state index contributed by atoms with van der Waals surface area (Å²) in [7, 11) is 2.12. The van der Waals surface area contributed by atoms with Gasteiger partial charge in [0, 0.05) is 31.3 Å². The van der Waals surface area contributed by atoms with Crippen molar-refractivity contribution in [1.29, 1.82) is 0 Å². The van der Waals surface area contributed by atoms with E-state index in [9.17, 15) is 9.18 Å². The van der Waals surface area contributed by atoms with Crippen LogP contribution in [0.3, 0.4) is 0 Å². The predicted octanol–water partition coefficient (Wildman–Crippen LogP) is 7.18. The summed E-state index contributed by atoms with van der Waals surface area (Å²) in [4.78, 5) is 15.5. The lowest BCUT2D eigenvalue weighted by Crippen LogP contribution is -2.26. The highest BCUT2D eigenvalue weighted by Gasteiger charge is 2.28. The lowest BCUT2D eigenvalue weighted by molar-refractivity contribution is 0.0915. The number of unbranched alkanes of at least 4 members (excludes halogenated alkanes) is 2. The number of carbonyl (C=O) groups excluding carboxylic acids is 1. The largest absolute Gasteiger partial charge is 0.493 e. The highest BCUT2D eigenvalue weighted by molar-refractivity contribution is 6.02. The molecule has 4 rings (SSSR count). The minimum absolute atomic E-state index is 0.0650. The molecule has 7 nitrogen and oxygen atoms in total.